The highest BCUT2D eigenvalue weighted by Gasteiger charge is 2.17. The highest BCUT2D eigenvalue weighted by Crippen LogP contribution is 2.22. The van der Waals surface area contributed by atoms with Gasteiger partial charge in [-0.2, -0.15) is 5.10 Å². The smallest absolute Gasteiger partial charge is 0.264 e. The summed E-state index contributed by atoms with van der Waals surface area (Å²) in [7, 11) is -3.60. The van der Waals surface area contributed by atoms with Gasteiger partial charge in [-0.15, -0.1) is 0 Å². The van der Waals surface area contributed by atoms with E-state index in [0.29, 0.717) is 5.82 Å². The Balaban J connectivity index is 2.03. The average Bonchev–Trinajstić information content (AvgIpc) is 2.99. The van der Waals surface area contributed by atoms with Crippen LogP contribution in [0.5, 0.6) is 0 Å². The number of H-pyrrole nitrogens is 2. The molecule has 0 bridgehead atoms. The Morgan fingerprint density at radius 1 is 1.17 bits per heavy atom. The summed E-state index contributed by atoms with van der Waals surface area (Å²) < 4.78 is 26.5. The predicted molar refractivity (Wildman–Crippen MR) is 67.7 cm³/mol. The van der Waals surface area contributed by atoms with Gasteiger partial charge in [-0.1, -0.05) is 12.1 Å². The van der Waals surface area contributed by atoms with Crippen molar-refractivity contribution >= 4 is 26.7 Å². The zero-order chi connectivity index (χ0) is 12.6. The summed E-state index contributed by atoms with van der Waals surface area (Å²) in [6.45, 7) is 0. The number of anilines is 1. The lowest BCUT2D eigenvalue weighted by molar-refractivity contribution is 0.601. The molecule has 0 aliphatic rings. The molecule has 7 heteroatoms. The van der Waals surface area contributed by atoms with Crippen molar-refractivity contribution < 1.29 is 8.42 Å². The van der Waals surface area contributed by atoms with Gasteiger partial charge in [0.1, 0.15) is 4.90 Å². The van der Waals surface area contributed by atoms with Gasteiger partial charge in [0.15, 0.2) is 5.82 Å². The molecule has 0 aliphatic carbocycles. The number of aromatic amines is 2. The van der Waals surface area contributed by atoms with E-state index < -0.39 is 10.0 Å². The molecular weight excluding hydrogens is 252 g/mol. The summed E-state index contributed by atoms with van der Waals surface area (Å²) >= 11 is 0. The standard InChI is InChI=1S/C11H10N4O2S/c16-18(17,8-5-6-12-7-8)15-11-9-3-1-2-4-10(9)13-14-11/h1-7,12H,(H2,13,14,15). The van der Waals surface area contributed by atoms with Crippen molar-refractivity contribution in [1.29, 1.82) is 0 Å². The molecule has 6 nitrogen and oxygen atoms in total. The zero-order valence-electron chi connectivity index (χ0n) is 9.21. The average molecular weight is 262 g/mol. The Labute approximate surface area is 103 Å². The second-order valence-corrected chi connectivity index (χ2v) is 5.45. The van der Waals surface area contributed by atoms with Crippen molar-refractivity contribution in [1.82, 2.24) is 15.2 Å². The third-order valence-corrected chi connectivity index (χ3v) is 3.92. The molecular formula is C11H10N4O2S. The van der Waals surface area contributed by atoms with Crippen LogP contribution < -0.4 is 4.72 Å². The van der Waals surface area contributed by atoms with E-state index in [9.17, 15) is 8.42 Å². The van der Waals surface area contributed by atoms with Crippen molar-refractivity contribution in [3.8, 4) is 0 Å². The Hall–Kier alpha value is -2.28. The van der Waals surface area contributed by atoms with E-state index >= 15 is 0 Å². The molecule has 3 rings (SSSR count). The minimum atomic E-state index is -3.60. The normalized spacial score (nSPS) is 11.8. The van der Waals surface area contributed by atoms with Gasteiger partial charge in [-0.3, -0.25) is 9.82 Å². The first-order valence-corrected chi connectivity index (χ1v) is 6.74. The zero-order valence-corrected chi connectivity index (χ0v) is 10.0. The van der Waals surface area contributed by atoms with E-state index in [0.717, 1.165) is 10.9 Å². The summed E-state index contributed by atoms with van der Waals surface area (Å²) in [4.78, 5) is 2.88. The molecule has 0 unspecified atom stereocenters. The number of benzene rings is 1. The molecule has 1 aromatic carbocycles. The number of fused-ring (bicyclic) bond motifs is 1. The van der Waals surface area contributed by atoms with Crippen molar-refractivity contribution in [3.05, 3.63) is 42.7 Å². The largest absolute Gasteiger partial charge is 0.366 e. The molecule has 0 atom stereocenters. The predicted octanol–water partition coefficient (Wildman–Crippen LogP) is 1.69. The quantitative estimate of drug-likeness (QED) is 0.670. The lowest BCUT2D eigenvalue weighted by atomic mass is 10.2. The number of nitrogens with one attached hydrogen (secondary N) is 3. The second-order valence-electron chi connectivity index (χ2n) is 3.77. The summed E-state index contributed by atoms with van der Waals surface area (Å²) in [5, 5.41) is 7.47. The highest BCUT2D eigenvalue weighted by molar-refractivity contribution is 7.92. The molecule has 0 spiro atoms. The van der Waals surface area contributed by atoms with Gasteiger partial charge >= 0.3 is 0 Å². The second kappa shape index (κ2) is 3.88. The van der Waals surface area contributed by atoms with Gasteiger partial charge in [0, 0.05) is 17.8 Å². The molecule has 18 heavy (non-hydrogen) atoms. The van der Waals surface area contributed by atoms with Crippen LogP contribution >= 0.6 is 0 Å². The van der Waals surface area contributed by atoms with E-state index in [4.69, 9.17) is 0 Å². The molecule has 0 amide bonds. The summed E-state index contributed by atoms with van der Waals surface area (Å²) in [6, 6.07) is 8.79. The lowest BCUT2D eigenvalue weighted by Gasteiger charge is -2.03. The van der Waals surface area contributed by atoms with Crippen LogP contribution in [0.15, 0.2) is 47.6 Å². The van der Waals surface area contributed by atoms with Crippen LogP contribution in [-0.2, 0) is 10.0 Å². The van der Waals surface area contributed by atoms with Crippen LogP contribution in [0.2, 0.25) is 0 Å². The van der Waals surface area contributed by atoms with Crippen molar-refractivity contribution in [3.63, 3.8) is 0 Å². The third kappa shape index (κ3) is 1.74. The van der Waals surface area contributed by atoms with Crippen LogP contribution in [0.4, 0.5) is 5.82 Å². The van der Waals surface area contributed by atoms with Crippen molar-refractivity contribution in [2.75, 3.05) is 4.72 Å². The number of rotatable bonds is 3. The maximum Gasteiger partial charge on any atom is 0.264 e. The summed E-state index contributed by atoms with van der Waals surface area (Å²) in [5.74, 6) is 0.298. The number of hydrogen-bond acceptors (Lipinski definition) is 3. The summed E-state index contributed by atoms with van der Waals surface area (Å²) in [5.41, 5.74) is 0.782. The third-order valence-electron chi connectivity index (χ3n) is 2.58. The van der Waals surface area contributed by atoms with Gasteiger partial charge in [-0.05, 0) is 18.2 Å². The van der Waals surface area contributed by atoms with Crippen LogP contribution in [-0.4, -0.2) is 23.6 Å². The first-order valence-electron chi connectivity index (χ1n) is 5.25. The molecule has 92 valence electrons. The Morgan fingerprint density at radius 2 is 2.00 bits per heavy atom. The number of para-hydroxylation sites is 1. The molecule has 2 heterocycles. The summed E-state index contributed by atoms with van der Waals surface area (Å²) in [6.07, 6.45) is 2.97. The lowest BCUT2D eigenvalue weighted by Crippen LogP contribution is -2.12. The fourth-order valence-corrected chi connectivity index (χ4v) is 2.70. The Morgan fingerprint density at radius 3 is 2.78 bits per heavy atom. The maximum absolute atomic E-state index is 12.0. The van der Waals surface area contributed by atoms with Gasteiger partial charge in [0.25, 0.3) is 10.0 Å². The van der Waals surface area contributed by atoms with Crippen LogP contribution in [0.25, 0.3) is 10.9 Å². The molecule has 3 aromatic rings. The van der Waals surface area contributed by atoms with Crippen LogP contribution in [0, 0.1) is 0 Å². The minimum Gasteiger partial charge on any atom is -0.366 e. The van der Waals surface area contributed by atoms with Gasteiger partial charge in [-0.25, -0.2) is 8.42 Å². The number of nitrogens with zero attached hydrogens (tertiary/aromatic N) is 1. The number of aromatic nitrogens is 3. The monoisotopic (exact) mass is 262 g/mol. The first-order chi connectivity index (χ1) is 8.67. The molecule has 0 saturated carbocycles. The van der Waals surface area contributed by atoms with Crippen LogP contribution in [0.3, 0.4) is 0 Å². The number of sulfonamides is 1. The molecule has 0 aliphatic heterocycles. The van der Waals surface area contributed by atoms with Crippen molar-refractivity contribution in [2.45, 2.75) is 4.90 Å². The fraction of sp³-hybridized carbons (Fsp3) is 0. The van der Waals surface area contributed by atoms with E-state index in [1.165, 1.54) is 12.3 Å². The molecule has 2 aromatic heterocycles. The van der Waals surface area contributed by atoms with Crippen LogP contribution in [0.1, 0.15) is 0 Å². The first kappa shape index (κ1) is 10.8. The van der Waals surface area contributed by atoms with Gasteiger partial charge in [0.2, 0.25) is 0 Å². The minimum absolute atomic E-state index is 0.176. The topological polar surface area (TPSA) is 90.6 Å². The molecule has 0 fully saturated rings. The van der Waals surface area contributed by atoms with Gasteiger partial charge < -0.3 is 4.98 Å². The number of hydrogen-bond donors (Lipinski definition) is 3. The van der Waals surface area contributed by atoms with E-state index in [1.54, 1.807) is 12.3 Å². The maximum atomic E-state index is 12.0. The molecule has 0 saturated heterocycles. The van der Waals surface area contributed by atoms with Gasteiger partial charge in [0.05, 0.1) is 5.52 Å². The van der Waals surface area contributed by atoms with E-state index in [2.05, 4.69) is 19.9 Å². The van der Waals surface area contributed by atoms with Crippen molar-refractivity contribution in [2.24, 2.45) is 0 Å². The van der Waals surface area contributed by atoms with E-state index in [1.807, 2.05) is 18.2 Å². The Kier molecular flexibility index (Phi) is 2.34. The molecule has 3 N–H and O–H groups in total. The molecule has 0 radical (unpaired) electrons. The van der Waals surface area contributed by atoms with E-state index in [-0.39, 0.29) is 4.90 Å². The highest BCUT2D eigenvalue weighted by atomic mass is 32.2. The SMILES string of the molecule is O=S(=O)(Nc1n[nH]c2ccccc12)c1cc[nH]c1. The fourth-order valence-electron chi connectivity index (χ4n) is 1.70. The Bertz CT molecular complexity index is 774.